The second kappa shape index (κ2) is 6.36. The van der Waals surface area contributed by atoms with Crippen LogP contribution in [0.5, 0.6) is 0 Å². The summed E-state index contributed by atoms with van der Waals surface area (Å²) in [7, 11) is 4.47. The van der Waals surface area contributed by atoms with Crippen molar-refractivity contribution in [1.82, 2.24) is 9.80 Å². The molecule has 4 unspecified atom stereocenters. The topological polar surface area (TPSA) is 26.7 Å². The third kappa shape index (κ3) is 3.69. The summed E-state index contributed by atoms with van der Waals surface area (Å²) < 4.78 is 0. The van der Waals surface area contributed by atoms with Gasteiger partial charge in [0.15, 0.2) is 0 Å². The van der Waals surface area contributed by atoms with E-state index in [0.717, 1.165) is 18.9 Å². The Morgan fingerprint density at radius 1 is 1.28 bits per heavy atom. The third-order valence-electron chi connectivity index (χ3n) is 4.95. The predicted molar refractivity (Wildman–Crippen MR) is 75.7 cm³/mol. The Morgan fingerprint density at radius 3 is 2.78 bits per heavy atom. The van der Waals surface area contributed by atoms with Crippen LogP contribution in [-0.2, 0) is 0 Å². The summed E-state index contributed by atoms with van der Waals surface area (Å²) >= 11 is 0. The van der Waals surface area contributed by atoms with Gasteiger partial charge in [-0.15, -0.1) is 0 Å². The third-order valence-corrected chi connectivity index (χ3v) is 4.95. The molecule has 0 spiro atoms. The van der Waals surface area contributed by atoms with Crippen LogP contribution in [0.1, 0.15) is 39.0 Å². The van der Waals surface area contributed by atoms with Crippen LogP contribution in [0.15, 0.2) is 0 Å². The predicted octanol–water partition coefficient (Wildman–Crippen LogP) is 1.81. The summed E-state index contributed by atoms with van der Waals surface area (Å²) in [4.78, 5) is 4.94. The Labute approximate surface area is 112 Å². The lowest BCUT2D eigenvalue weighted by molar-refractivity contribution is 0.0201. The molecule has 1 N–H and O–H groups in total. The fourth-order valence-corrected chi connectivity index (χ4v) is 3.70. The van der Waals surface area contributed by atoms with Crippen LogP contribution in [0.25, 0.3) is 0 Å². The van der Waals surface area contributed by atoms with Gasteiger partial charge in [0.1, 0.15) is 0 Å². The van der Waals surface area contributed by atoms with E-state index in [1.165, 1.54) is 38.8 Å². The zero-order valence-electron chi connectivity index (χ0n) is 12.3. The number of hydrogen-bond donors (Lipinski definition) is 1. The maximum Gasteiger partial charge on any atom is 0.0580 e. The van der Waals surface area contributed by atoms with Crippen molar-refractivity contribution in [3.05, 3.63) is 0 Å². The number of aliphatic hydroxyl groups is 1. The lowest BCUT2D eigenvalue weighted by Crippen LogP contribution is -2.48. The smallest absolute Gasteiger partial charge is 0.0580 e. The molecule has 1 saturated heterocycles. The minimum atomic E-state index is -0.0648. The molecule has 0 aromatic carbocycles. The van der Waals surface area contributed by atoms with Crippen LogP contribution in [0.4, 0.5) is 0 Å². The molecule has 2 rings (SSSR count). The van der Waals surface area contributed by atoms with Crippen molar-refractivity contribution in [1.29, 1.82) is 0 Å². The molecule has 3 heteroatoms. The molecular weight excluding hydrogens is 224 g/mol. The number of aliphatic hydroxyl groups excluding tert-OH is 1. The maximum atomic E-state index is 10.1. The van der Waals surface area contributed by atoms with Crippen LogP contribution in [0, 0.1) is 11.8 Å². The Kier molecular flexibility index (Phi) is 5.05. The quantitative estimate of drug-likeness (QED) is 0.832. The van der Waals surface area contributed by atoms with Gasteiger partial charge in [-0.2, -0.15) is 0 Å². The van der Waals surface area contributed by atoms with Crippen molar-refractivity contribution >= 4 is 0 Å². The summed E-state index contributed by atoms with van der Waals surface area (Å²) in [6.45, 7) is 5.83. The van der Waals surface area contributed by atoms with E-state index in [-0.39, 0.29) is 6.10 Å². The highest BCUT2D eigenvalue weighted by atomic mass is 16.3. The lowest BCUT2D eigenvalue weighted by atomic mass is 9.80. The molecule has 0 aromatic heterocycles. The van der Waals surface area contributed by atoms with E-state index < -0.39 is 0 Å². The second-order valence-electron chi connectivity index (χ2n) is 6.74. The molecule has 1 aliphatic heterocycles. The van der Waals surface area contributed by atoms with Gasteiger partial charge in [0.05, 0.1) is 6.10 Å². The van der Waals surface area contributed by atoms with Gasteiger partial charge < -0.3 is 14.9 Å². The molecule has 2 fully saturated rings. The van der Waals surface area contributed by atoms with Gasteiger partial charge in [-0.1, -0.05) is 6.92 Å². The van der Waals surface area contributed by atoms with E-state index >= 15 is 0 Å². The summed E-state index contributed by atoms with van der Waals surface area (Å²) in [6, 6.07) is 0.688. The zero-order valence-corrected chi connectivity index (χ0v) is 12.3. The number of piperidine rings is 1. The fourth-order valence-electron chi connectivity index (χ4n) is 3.70. The molecule has 3 nitrogen and oxygen atoms in total. The van der Waals surface area contributed by atoms with E-state index in [0.29, 0.717) is 12.0 Å². The minimum Gasteiger partial charge on any atom is -0.393 e. The molecule has 0 radical (unpaired) electrons. The molecule has 0 aromatic rings. The Balaban J connectivity index is 1.83. The number of rotatable bonds is 3. The first-order valence-corrected chi connectivity index (χ1v) is 7.63. The van der Waals surface area contributed by atoms with Crippen molar-refractivity contribution in [2.24, 2.45) is 11.8 Å². The normalized spacial score (nSPS) is 39.2. The average Bonchev–Trinajstić information content (AvgIpc) is 2.34. The monoisotopic (exact) mass is 254 g/mol. The maximum absolute atomic E-state index is 10.1. The highest BCUT2D eigenvalue weighted by molar-refractivity contribution is 4.84. The van der Waals surface area contributed by atoms with Crippen molar-refractivity contribution in [3.63, 3.8) is 0 Å². The summed E-state index contributed by atoms with van der Waals surface area (Å²) in [6.07, 6.45) is 5.98. The highest BCUT2D eigenvalue weighted by Crippen LogP contribution is 2.30. The van der Waals surface area contributed by atoms with Gasteiger partial charge in [-0.05, 0) is 64.6 Å². The van der Waals surface area contributed by atoms with Crippen LogP contribution in [-0.4, -0.2) is 60.8 Å². The van der Waals surface area contributed by atoms with Crippen LogP contribution >= 0.6 is 0 Å². The van der Waals surface area contributed by atoms with Crippen molar-refractivity contribution < 1.29 is 5.11 Å². The number of nitrogens with zero attached hydrogens (tertiary/aromatic N) is 2. The zero-order chi connectivity index (χ0) is 13.1. The van der Waals surface area contributed by atoms with Gasteiger partial charge in [0.25, 0.3) is 0 Å². The Hall–Kier alpha value is -0.120. The first-order chi connectivity index (χ1) is 8.56. The average molecular weight is 254 g/mol. The van der Waals surface area contributed by atoms with Crippen LogP contribution in [0.2, 0.25) is 0 Å². The number of likely N-dealkylation sites (N-methyl/N-ethyl adjacent to an activating group) is 2. The molecule has 1 saturated carbocycles. The van der Waals surface area contributed by atoms with Crippen LogP contribution < -0.4 is 0 Å². The summed E-state index contributed by atoms with van der Waals surface area (Å²) in [5.41, 5.74) is 0. The van der Waals surface area contributed by atoms with Gasteiger partial charge in [-0.3, -0.25) is 0 Å². The van der Waals surface area contributed by atoms with Crippen molar-refractivity contribution in [2.75, 3.05) is 33.7 Å². The minimum absolute atomic E-state index is 0.0648. The first-order valence-electron chi connectivity index (χ1n) is 7.63. The van der Waals surface area contributed by atoms with Gasteiger partial charge in [-0.25, -0.2) is 0 Å². The molecule has 0 bridgehead atoms. The summed E-state index contributed by atoms with van der Waals surface area (Å²) in [5, 5.41) is 10.1. The SMILES string of the molecule is CC1CCC(O)C(CN(C)C2CCCN(C)C2)C1. The lowest BCUT2D eigenvalue weighted by Gasteiger charge is -2.40. The molecule has 106 valence electrons. The standard InChI is InChI=1S/C15H30N2O/c1-12-6-7-15(18)13(9-12)10-17(3)14-5-4-8-16(2)11-14/h12-15,18H,4-11H2,1-3H3. The molecule has 2 aliphatic rings. The largest absolute Gasteiger partial charge is 0.393 e. The Morgan fingerprint density at radius 2 is 2.06 bits per heavy atom. The highest BCUT2D eigenvalue weighted by Gasteiger charge is 2.30. The first kappa shape index (κ1) is 14.3. The Bertz CT molecular complexity index is 259. The second-order valence-corrected chi connectivity index (χ2v) is 6.74. The van der Waals surface area contributed by atoms with Gasteiger partial charge in [0, 0.05) is 19.1 Å². The van der Waals surface area contributed by atoms with Gasteiger partial charge >= 0.3 is 0 Å². The number of likely N-dealkylation sites (tertiary alicyclic amines) is 1. The van der Waals surface area contributed by atoms with E-state index in [2.05, 4.69) is 30.8 Å². The van der Waals surface area contributed by atoms with Crippen LogP contribution in [0.3, 0.4) is 0 Å². The molecule has 4 atom stereocenters. The molecule has 18 heavy (non-hydrogen) atoms. The molecule has 1 aliphatic carbocycles. The van der Waals surface area contributed by atoms with E-state index in [9.17, 15) is 5.11 Å². The van der Waals surface area contributed by atoms with Crippen molar-refractivity contribution in [2.45, 2.75) is 51.2 Å². The van der Waals surface area contributed by atoms with E-state index in [1.807, 2.05) is 0 Å². The van der Waals surface area contributed by atoms with Crippen molar-refractivity contribution in [3.8, 4) is 0 Å². The van der Waals surface area contributed by atoms with E-state index in [1.54, 1.807) is 0 Å². The van der Waals surface area contributed by atoms with E-state index in [4.69, 9.17) is 0 Å². The van der Waals surface area contributed by atoms with Gasteiger partial charge in [0.2, 0.25) is 0 Å². The fraction of sp³-hybridized carbons (Fsp3) is 1.00. The number of hydrogen-bond acceptors (Lipinski definition) is 3. The molecular formula is C15H30N2O. The molecule has 1 heterocycles. The summed E-state index contributed by atoms with van der Waals surface area (Å²) in [5.74, 6) is 1.28. The molecule has 0 amide bonds.